The molecule has 0 aliphatic carbocycles. The Balaban J connectivity index is 2.18. The van der Waals surface area contributed by atoms with Crippen molar-refractivity contribution >= 4 is 16.7 Å². The van der Waals surface area contributed by atoms with Gasteiger partial charge in [0.1, 0.15) is 6.10 Å². The Morgan fingerprint density at radius 3 is 2.44 bits per heavy atom. The van der Waals surface area contributed by atoms with Crippen LogP contribution in [0.25, 0.3) is 10.8 Å². The second-order valence-corrected chi connectivity index (χ2v) is 6.59. The number of esters is 1. The van der Waals surface area contributed by atoms with Crippen LogP contribution in [0.4, 0.5) is 0 Å². The molecular weight excluding hydrogens is 312 g/mol. The first-order chi connectivity index (χ1) is 12.0. The maximum atomic E-state index is 11.2. The van der Waals surface area contributed by atoms with Gasteiger partial charge in [0, 0.05) is 6.92 Å². The Labute approximate surface area is 150 Å². The summed E-state index contributed by atoms with van der Waals surface area (Å²) in [6.45, 7) is 8.02. The predicted octanol–water partition coefficient (Wildman–Crippen LogP) is 5.60. The maximum absolute atomic E-state index is 11.2. The predicted molar refractivity (Wildman–Crippen MR) is 103 cm³/mol. The molecular formula is C22H28O3. The molecule has 2 rings (SSSR count). The van der Waals surface area contributed by atoms with Crippen LogP contribution in [0.1, 0.15) is 52.2 Å². The molecule has 0 aliphatic rings. The lowest BCUT2D eigenvalue weighted by atomic mass is 10.0. The zero-order chi connectivity index (χ0) is 18.2. The highest BCUT2D eigenvalue weighted by Gasteiger charge is 2.16. The number of allylic oxidation sites excluding steroid dienone is 1. The van der Waals surface area contributed by atoms with Crippen LogP contribution in [0.3, 0.4) is 0 Å². The number of hydrogen-bond acceptors (Lipinski definition) is 3. The fourth-order valence-corrected chi connectivity index (χ4v) is 2.74. The molecule has 0 aromatic heterocycles. The first kappa shape index (κ1) is 19.2. The molecule has 0 radical (unpaired) electrons. The van der Waals surface area contributed by atoms with Gasteiger partial charge in [0.15, 0.2) is 0 Å². The average Bonchev–Trinajstić information content (AvgIpc) is 2.59. The van der Waals surface area contributed by atoms with Crippen LogP contribution in [0, 0.1) is 0 Å². The van der Waals surface area contributed by atoms with E-state index in [2.05, 4.69) is 50.3 Å². The van der Waals surface area contributed by atoms with Gasteiger partial charge >= 0.3 is 5.97 Å². The number of carbonyl (C=O) groups excluding carboxylic acids is 1. The summed E-state index contributed by atoms with van der Waals surface area (Å²) in [7, 11) is 0. The van der Waals surface area contributed by atoms with E-state index in [4.69, 9.17) is 9.47 Å². The van der Waals surface area contributed by atoms with Crippen LogP contribution < -0.4 is 0 Å². The van der Waals surface area contributed by atoms with Gasteiger partial charge in [-0.05, 0) is 49.1 Å². The van der Waals surface area contributed by atoms with E-state index >= 15 is 0 Å². The molecule has 2 aromatic carbocycles. The highest BCUT2D eigenvalue weighted by Crippen LogP contribution is 2.27. The molecule has 0 amide bonds. The van der Waals surface area contributed by atoms with Gasteiger partial charge in [-0.2, -0.15) is 0 Å². The number of ether oxygens (including phenoxy) is 2. The summed E-state index contributed by atoms with van der Waals surface area (Å²) in [6.07, 6.45) is 3.48. The summed E-state index contributed by atoms with van der Waals surface area (Å²) >= 11 is 0. The van der Waals surface area contributed by atoms with Crippen LogP contribution in [0.2, 0.25) is 0 Å². The molecule has 0 N–H and O–H groups in total. The maximum Gasteiger partial charge on any atom is 0.302 e. The third-order valence-electron chi connectivity index (χ3n) is 4.16. The van der Waals surface area contributed by atoms with Gasteiger partial charge in [-0.1, -0.05) is 55.0 Å². The van der Waals surface area contributed by atoms with E-state index in [-0.39, 0.29) is 18.2 Å². The second-order valence-electron chi connectivity index (χ2n) is 6.59. The molecule has 0 saturated heterocycles. The van der Waals surface area contributed by atoms with E-state index in [0.717, 1.165) is 18.4 Å². The van der Waals surface area contributed by atoms with E-state index < -0.39 is 0 Å². The lowest BCUT2D eigenvalue weighted by molar-refractivity contribution is -0.150. The van der Waals surface area contributed by atoms with Crippen LogP contribution in [0.15, 0.2) is 54.1 Å². The Morgan fingerprint density at radius 1 is 1.08 bits per heavy atom. The Kier molecular flexibility index (Phi) is 7.20. The molecule has 0 bridgehead atoms. The zero-order valence-corrected chi connectivity index (χ0v) is 15.6. The molecule has 134 valence electrons. The van der Waals surface area contributed by atoms with Crippen molar-refractivity contribution in [1.82, 2.24) is 0 Å². The van der Waals surface area contributed by atoms with Crippen molar-refractivity contribution in [1.29, 1.82) is 0 Å². The van der Waals surface area contributed by atoms with E-state index in [0.29, 0.717) is 6.61 Å². The summed E-state index contributed by atoms with van der Waals surface area (Å²) in [6, 6.07) is 14.8. The third-order valence-corrected chi connectivity index (χ3v) is 4.16. The third kappa shape index (κ3) is 6.02. The molecule has 3 heteroatoms. The summed E-state index contributed by atoms with van der Waals surface area (Å²) < 4.78 is 11.5. The highest BCUT2D eigenvalue weighted by molar-refractivity contribution is 5.83. The normalized spacial score (nSPS) is 13.3. The molecule has 2 unspecified atom stereocenters. The van der Waals surface area contributed by atoms with Crippen LogP contribution in [-0.4, -0.2) is 18.7 Å². The summed E-state index contributed by atoms with van der Waals surface area (Å²) in [5.74, 6) is -0.262. The van der Waals surface area contributed by atoms with Gasteiger partial charge in [-0.25, -0.2) is 0 Å². The van der Waals surface area contributed by atoms with Crippen molar-refractivity contribution in [3.8, 4) is 0 Å². The van der Waals surface area contributed by atoms with Gasteiger partial charge in [0.05, 0.1) is 12.7 Å². The molecule has 2 atom stereocenters. The quantitative estimate of drug-likeness (QED) is 0.464. The average molecular weight is 340 g/mol. The van der Waals surface area contributed by atoms with E-state index in [1.807, 2.05) is 19.1 Å². The van der Waals surface area contributed by atoms with E-state index in [9.17, 15) is 4.79 Å². The zero-order valence-electron chi connectivity index (χ0n) is 15.6. The number of rotatable bonds is 8. The number of carbonyl (C=O) groups is 1. The lowest BCUT2D eigenvalue weighted by Gasteiger charge is -2.22. The number of hydrogen-bond donors (Lipinski definition) is 0. The van der Waals surface area contributed by atoms with Gasteiger partial charge < -0.3 is 9.47 Å². The minimum Gasteiger partial charge on any atom is -0.460 e. The Morgan fingerprint density at radius 2 is 1.80 bits per heavy atom. The second kappa shape index (κ2) is 9.38. The molecule has 25 heavy (non-hydrogen) atoms. The van der Waals surface area contributed by atoms with E-state index in [1.54, 1.807) is 0 Å². The topological polar surface area (TPSA) is 35.5 Å². The fraction of sp³-hybridized carbons (Fsp3) is 0.409. The monoisotopic (exact) mass is 340 g/mol. The molecule has 0 fully saturated rings. The number of fused-ring (bicyclic) bond motifs is 1. The summed E-state index contributed by atoms with van der Waals surface area (Å²) in [5.41, 5.74) is 2.41. The van der Waals surface area contributed by atoms with Crippen molar-refractivity contribution in [3.05, 3.63) is 59.7 Å². The van der Waals surface area contributed by atoms with Crippen LogP contribution >= 0.6 is 0 Å². The Bertz CT molecular complexity index is 729. The summed E-state index contributed by atoms with van der Waals surface area (Å²) in [5, 5.41) is 2.43. The fourth-order valence-electron chi connectivity index (χ4n) is 2.74. The largest absolute Gasteiger partial charge is 0.460 e. The minimum absolute atomic E-state index is 0.0517. The van der Waals surface area contributed by atoms with Gasteiger partial charge in [0.25, 0.3) is 0 Å². The highest BCUT2D eigenvalue weighted by atomic mass is 16.6. The molecule has 0 aliphatic heterocycles. The van der Waals surface area contributed by atoms with E-state index in [1.165, 1.54) is 23.3 Å². The lowest BCUT2D eigenvalue weighted by Crippen LogP contribution is -2.23. The Hall–Kier alpha value is -2.13. The molecule has 0 spiro atoms. The standard InChI is InChI=1S/C22H28O3/c1-5-21(25-17(4)23)15-24-22(13-10-16(2)3)20-12-11-18-8-6-7-9-19(18)14-20/h6-12,14,21-22H,5,13,15H2,1-4H3. The minimum atomic E-state index is -0.262. The SMILES string of the molecule is CCC(COC(CC=C(C)C)c1ccc2ccccc2c1)OC(C)=O. The van der Waals surface area contributed by atoms with Crippen molar-refractivity contribution in [2.45, 2.75) is 52.7 Å². The van der Waals surface area contributed by atoms with Gasteiger partial charge in [-0.15, -0.1) is 0 Å². The van der Waals surface area contributed by atoms with Crippen molar-refractivity contribution in [3.63, 3.8) is 0 Å². The first-order valence-corrected chi connectivity index (χ1v) is 8.90. The molecule has 2 aromatic rings. The molecule has 3 nitrogen and oxygen atoms in total. The van der Waals surface area contributed by atoms with Crippen molar-refractivity contribution < 1.29 is 14.3 Å². The van der Waals surface area contributed by atoms with Crippen LogP contribution in [-0.2, 0) is 14.3 Å². The van der Waals surface area contributed by atoms with Crippen molar-refractivity contribution in [2.24, 2.45) is 0 Å². The first-order valence-electron chi connectivity index (χ1n) is 8.90. The van der Waals surface area contributed by atoms with Crippen LogP contribution in [0.5, 0.6) is 0 Å². The summed E-state index contributed by atoms with van der Waals surface area (Å²) in [4.78, 5) is 11.2. The molecule has 0 saturated carbocycles. The van der Waals surface area contributed by atoms with Gasteiger partial charge in [0.2, 0.25) is 0 Å². The number of benzene rings is 2. The smallest absolute Gasteiger partial charge is 0.302 e. The van der Waals surface area contributed by atoms with Gasteiger partial charge in [-0.3, -0.25) is 4.79 Å². The molecule has 0 heterocycles. The van der Waals surface area contributed by atoms with Crippen molar-refractivity contribution in [2.75, 3.05) is 6.61 Å².